The van der Waals surface area contributed by atoms with Crippen LogP contribution in [-0.4, -0.2) is 48.6 Å². The van der Waals surface area contributed by atoms with E-state index in [-0.39, 0.29) is 23.4 Å². The number of carbonyl (C=O) groups excluding carboxylic acids is 2. The number of thioether (sulfide) groups is 1. The van der Waals surface area contributed by atoms with Crippen LogP contribution in [0.25, 0.3) is 5.65 Å². The SMILES string of the molecule is CC[C@H](C)C(=O)N1CSC[C@H]1C(=O)Nc1cccc(Cn2nc3ccccn3c2=O)c1. The van der Waals surface area contributed by atoms with Gasteiger partial charge in [0.05, 0.1) is 12.4 Å². The van der Waals surface area contributed by atoms with Gasteiger partial charge in [-0.25, -0.2) is 9.48 Å². The number of hydrogen-bond donors (Lipinski definition) is 1. The summed E-state index contributed by atoms with van der Waals surface area (Å²) >= 11 is 1.59. The number of carbonyl (C=O) groups is 2. The zero-order valence-corrected chi connectivity index (χ0v) is 18.3. The number of hydrogen-bond acceptors (Lipinski definition) is 5. The molecular weight excluding hydrogens is 414 g/mol. The molecule has 2 aromatic heterocycles. The lowest BCUT2D eigenvalue weighted by molar-refractivity contribution is -0.139. The average Bonchev–Trinajstić information content (AvgIpc) is 3.38. The number of rotatable bonds is 6. The van der Waals surface area contributed by atoms with Crippen LogP contribution >= 0.6 is 11.8 Å². The van der Waals surface area contributed by atoms with Gasteiger partial charge in [0, 0.05) is 23.6 Å². The molecule has 0 aliphatic carbocycles. The minimum atomic E-state index is -0.476. The third kappa shape index (κ3) is 4.36. The van der Waals surface area contributed by atoms with Gasteiger partial charge in [-0.05, 0) is 36.2 Å². The van der Waals surface area contributed by atoms with Crippen LogP contribution in [0, 0.1) is 5.92 Å². The maximum atomic E-state index is 12.9. The van der Waals surface area contributed by atoms with Crippen molar-refractivity contribution in [3.8, 4) is 0 Å². The molecule has 1 aromatic carbocycles. The molecule has 0 radical (unpaired) electrons. The number of benzene rings is 1. The highest BCUT2D eigenvalue weighted by atomic mass is 32.2. The number of nitrogens with one attached hydrogen (secondary N) is 1. The third-order valence-electron chi connectivity index (χ3n) is 5.52. The van der Waals surface area contributed by atoms with E-state index in [4.69, 9.17) is 0 Å². The number of amides is 2. The Balaban J connectivity index is 1.48. The van der Waals surface area contributed by atoms with Crippen molar-refractivity contribution in [1.29, 1.82) is 0 Å². The van der Waals surface area contributed by atoms with Crippen LogP contribution in [-0.2, 0) is 16.1 Å². The summed E-state index contributed by atoms with van der Waals surface area (Å²) in [6, 6.07) is 12.3. The second-order valence-electron chi connectivity index (χ2n) is 7.69. The summed E-state index contributed by atoms with van der Waals surface area (Å²) in [4.78, 5) is 39.7. The molecule has 1 aliphatic rings. The first-order chi connectivity index (χ1) is 15.0. The van der Waals surface area contributed by atoms with E-state index in [2.05, 4.69) is 10.4 Å². The molecule has 0 bridgehead atoms. The third-order valence-corrected chi connectivity index (χ3v) is 6.53. The minimum Gasteiger partial charge on any atom is -0.324 e. The molecule has 8 nitrogen and oxygen atoms in total. The van der Waals surface area contributed by atoms with Crippen LogP contribution in [0.4, 0.5) is 5.69 Å². The molecule has 2 atom stereocenters. The smallest absolute Gasteiger partial charge is 0.324 e. The molecule has 31 heavy (non-hydrogen) atoms. The highest BCUT2D eigenvalue weighted by Gasteiger charge is 2.36. The Morgan fingerprint density at radius 3 is 2.87 bits per heavy atom. The minimum absolute atomic E-state index is 0.0209. The molecule has 4 rings (SSSR count). The van der Waals surface area contributed by atoms with E-state index in [1.807, 2.05) is 38.1 Å². The molecule has 2 amide bonds. The number of fused-ring (bicyclic) bond motifs is 1. The predicted octanol–water partition coefficient (Wildman–Crippen LogP) is 2.43. The lowest BCUT2D eigenvalue weighted by Gasteiger charge is -2.25. The molecule has 0 spiro atoms. The van der Waals surface area contributed by atoms with Crippen molar-refractivity contribution in [3.05, 3.63) is 64.7 Å². The van der Waals surface area contributed by atoms with Gasteiger partial charge >= 0.3 is 5.69 Å². The molecule has 9 heteroatoms. The Kier molecular flexibility index (Phi) is 6.13. The Morgan fingerprint density at radius 2 is 2.10 bits per heavy atom. The molecule has 3 heterocycles. The van der Waals surface area contributed by atoms with Gasteiger partial charge in [0.15, 0.2) is 5.65 Å². The molecule has 0 saturated carbocycles. The molecule has 1 N–H and O–H groups in total. The summed E-state index contributed by atoms with van der Waals surface area (Å²) in [5, 5.41) is 7.28. The zero-order chi connectivity index (χ0) is 22.0. The maximum Gasteiger partial charge on any atom is 0.350 e. The molecule has 3 aromatic rings. The van der Waals surface area contributed by atoms with E-state index < -0.39 is 6.04 Å². The van der Waals surface area contributed by atoms with E-state index in [0.717, 1.165) is 12.0 Å². The number of nitrogens with zero attached hydrogens (tertiary/aromatic N) is 4. The van der Waals surface area contributed by atoms with Gasteiger partial charge in [-0.1, -0.05) is 32.0 Å². The molecule has 162 valence electrons. The van der Waals surface area contributed by atoms with Crippen LogP contribution in [0.15, 0.2) is 53.5 Å². The first-order valence-corrected chi connectivity index (χ1v) is 11.5. The quantitative estimate of drug-likeness (QED) is 0.637. The molecule has 1 aliphatic heterocycles. The highest BCUT2D eigenvalue weighted by Crippen LogP contribution is 2.25. The van der Waals surface area contributed by atoms with Crippen molar-refractivity contribution in [3.63, 3.8) is 0 Å². The Hall–Kier alpha value is -3.07. The molecule has 1 saturated heterocycles. The number of aromatic nitrogens is 3. The predicted molar refractivity (Wildman–Crippen MR) is 121 cm³/mol. The van der Waals surface area contributed by atoms with Crippen molar-refractivity contribution in [2.24, 2.45) is 5.92 Å². The maximum absolute atomic E-state index is 12.9. The standard InChI is InChI=1S/C22H25N5O3S/c1-3-15(2)21(29)26-14-31-13-18(26)20(28)23-17-8-6-7-16(11-17)12-27-22(30)25-10-5-4-9-19(25)24-27/h4-11,15,18H,3,12-14H2,1-2H3,(H,23,28)/t15-,18-/m0/s1. The number of anilines is 1. The van der Waals surface area contributed by atoms with E-state index >= 15 is 0 Å². The molecule has 0 unspecified atom stereocenters. The fourth-order valence-corrected chi connectivity index (χ4v) is 4.72. The van der Waals surface area contributed by atoms with Gasteiger partial charge in [0.2, 0.25) is 11.8 Å². The van der Waals surface area contributed by atoms with Gasteiger partial charge in [-0.15, -0.1) is 16.9 Å². The topological polar surface area (TPSA) is 88.7 Å². The van der Waals surface area contributed by atoms with Crippen molar-refractivity contribution in [2.45, 2.75) is 32.9 Å². The van der Waals surface area contributed by atoms with E-state index in [1.54, 1.807) is 41.1 Å². The van der Waals surface area contributed by atoms with Gasteiger partial charge < -0.3 is 10.2 Å². The van der Waals surface area contributed by atoms with Gasteiger partial charge in [-0.2, -0.15) is 0 Å². The summed E-state index contributed by atoms with van der Waals surface area (Å²) in [5.74, 6) is 0.861. The lowest BCUT2D eigenvalue weighted by Crippen LogP contribution is -2.46. The lowest BCUT2D eigenvalue weighted by atomic mass is 10.1. The van der Waals surface area contributed by atoms with Crippen LogP contribution in [0.5, 0.6) is 0 Å². The highest BCUT2D eigenvalue weighted by molar-refractivity contribution is 7.99. The van der Waals surface area contributed by atoms with Crippen molar-refractivity contribution in [1.82, 2.24) is 19.1 Å². The monoisotopic (exact) mass is 439 g/mol. The Labute approximate surface area is 184 Å². The van der Waals surface area contributed by atoms with Gasteiger partial charge in [0.25, 0.3) is 0 Å². The summed E-state index contributed by atoms with van der Waals surface area (Å²) in [6.45, 7) is 4.16. The number of pyridine rings is 1. The average molecular weight is 440 g/mol. The first-order valence-electron chi connectivity index (χ1n) is 10.3. The van der Waals surface area contributed by atoms with Crippen molar-refractivity contribution >= 4 is 34.9 Å². The van der Waals surface area contributed by atoms with Crippen molar-refractivity contribution < 1.29 is 9.59 Å². The van der Waals surface area contributed by atoms with Gasteiger partial charge in [0.1, 0.15) is 6.04 Å². The van der Waals surface area contributed by atoms with Crippen LogP contribution < -0.4 is 11.0 Å². The van der Waals surface area contributed by atoms with Crippen LogP contribution in [0.1, 0.15) is 25.8 Å². The fourth-order valence-electron chi connectivity index (χ4n) is 3.55. The molecule has 1 fully saturated rings. The first kappa shape index (κ1) is 21.2. The zero-order valence-electron chi connectivity index (χ0n) is 17.5. The largest absolute Gasteiger partial charge is 0.350 e. The van der Waals surface area contributed by atoms with Crippen LogP contribution in [0.2, 0.25) is 0 Å². The molecular formula is C22H25N5O3S. The summed E-state index contributed by atoms with van der Waals surface area (Å²) in [6.07, 6.45) is 2.43. The Morgan fingerprint density at radius 1 is 1.26 bits per heavy atom. The summed E-state index contributed by atoms with van der Waals surface area (Å²) in [7, 11) is 0. The van der Waals surface area contributed by atoms with Crippen LogP contribution in [0.3, 0.4) is 0 Å². The summed E-state index contributed by atoms with van der Waals surface area (Å²) < 4.78 is 2.89. The van der Waals surface area contributed by atoms with E-state index in [0.29, 0.717) is 29.5 Å². The van der Waals surface area contributed by atoms with Crippen molar-refractivity contribution in [2.75, 3.05) is 16.9 Å². The second kappa shape index (κ2) is 8.97. The Bertz CT molecular complexity index is 1170. The summed E-state index contributed by atoms with van der Waals surface area (Å²) in [5.41, 5.74) is 1.85. The fraction of sp³-hybridized carbons (Fsp3) is 0.364. The van der Waals surface area contributed by atoms with Gasteiger partial charge in [-0.3, -0.25) is 14.0 Å². The van der Waals surface area contributed by atoms with E-state index in [9.17, 15) is 14.4 Å². The van der Waals surface area contributed by atoms with E-state index in [1.165, 1.54) is 9.08 Å². The second-order valence-corrected chi connectivity index (χ2v) is 8.69. The normalized spacial score (nSPS) is 17.1.